The van der Waals surface area contributed by atoms with Gasteiger partial charge in [0.05, 0.1) is 19.2 Å². The highest BCUT2D eigenvalue weighted by Crippen LogP contribution is 2.46. The number of furan rings is 1. The number of hydrogen-bond acceptors (Lipinski definition) is 8. The third-order valence-electron chi connectivity index (χ3n) is 4.53. The lowest BCUT2D eigenvalue weighted by atomic mass is 10.1. The number of nitrogens with zero attached hydrogens (tertiary/aromatic N) is 2. The maximum absolute atomic E-state index is 10.4. The molecule has 2 aliphatic rings. The van der Waals surface area contributed by atoms with Gasteiger partial charge in [-0.15, -0.1) is 11.8 Å². The van der Waals surface area contributed by atoms with Crippen molar-refractivity contribution in [1.82, 2.24) is 4.57 Å². The Morgan fingerprint density at radius 1 is 1.36 bits per heavy atom. The number of hydrogen-bond donors (Lipinski definition) is 4. The molecule has 0 aromatic carbocycles. The maximum atomic E-state index is 10.4. The van der Waals surface area contributed by atoms with Gasteiger partial charge in [-0.25, -0.2) is 0 Å². The van der Waals surface area contributed by atoms with E-state index in [1.807, 2.05) is 18.5 Å². The van der Waals surface area contributed by atoms with E-state index >= 15 is 0 Å². The summed E-state index contributed by atoms with van der Waals surface area (Å²) < 4.78 is 13.0. The van der Waals surface area contributed by atoms with Crippen molar-refractivity contribution < 1.29 is 24.5 Å². The fraction of sp³-hybridized carbons (Fsp3) is 0.438. The van der Waals surface area contributed by atoms with Crippen LogP contribution in [0.3, 0.4) is 0 Å². The largest absolute Gasteiger partial charge is 0.464 e. The highest BCUT2D eigenvalue weighted by molar-refractivity contribution is 7.98. The quantitative estimate of drug-likeness (QED) is 0.643. The van der Waals surface area contributed by atoms with Gasteiger partial charge in [-0.2, -0.15) is 0 Å². The maximum Gasteiger partial charge on any atom is 0.164 e. The molecule has 4 rings (SSSR count). The Hall–Kier alpha value is -1.78. The van der Waals surface area contributed by atoms with E-state index < -0.39 is 24.5 Å². The minimum Gasteiger partial charge on any atom is -0.464 e. The zero-order chi connectivity index (χ0) is 17.6. The summed E-state index contributed by atoms with van der Waals surface area (Å²) in [5.41, 5.74) is 1.75. The minimum atomic E-state index is -1.16. The lowest BCUT2D eigenvalue weighted by Gasteiger charge is -2.23. The van der Waals surface area contributed by atoms with Gasteiger partial charge in [-0.3, -0.25) is 4.99 Å². The van der Waals surface area contributed by atoms with Gasteiger partial charge >= 0.3 is 0 Å². The number of aliphatic hydroxyl groups excluding tert-OH is 3. The molecule has 25 heavy (non-hydrogen) atoms. The molecular formula is C16H19N3O5S. The van der Waals surface area contributed by atoms with E-state index in [0.29, 0.717) is 5.76 Å². The Morgan fingerprint density at radius 2 is 2.20 bits per heavy atom. The van der Waals surface area contributed by atoms with Crippen molar-refractivity contribution in [3.8, 4) is 11.3 Å². The molecule has 2 aromatic heterocycles. The fourth-order valence-electron chi connectivity index (χ4n) is 3.30. The summed E-state index contributed by atoms with van der Waals surface area (Å²) >= 11 is 1.58. The standard InChI is InChI=1S/C16H19N3O5S/c1-25-15-11-8(9-3-2-4-23-9)5-19(14(11)17-7-18-15)16-13(22)12(21)10(6-20)24-16/h2-5,7,10,12-13,15-16,20-22H,6H2,1H3,(H,17,18)/t10-,12-,13-,15?,16-/m1/s1. The molecule has 4 N–H and O–H groups in total. The monoisotopic (exact) mass is 365 g/mol. The molecule has 134 valence electrons. The van der Waals surface area contributed by atoms with Gasteiger partial charge in [0.25, 0.3) is 0 Å². The first-order chi connectivity index (χ1) is 12.2. The smallest absolute Gasteiger partial charge is 0.164 e. The molecule has 0 amide bonds. The third kappa shape index (κ3) is 2.59. The fourth-order valence-corrected chi connectivity index (χ4v) is 3.96. The summed E-state index contributed by atoms with van der Waals surface area (Å²) in [6, 6.07) is 3.66. The first-order valence-electron chi connectivity index (χ1n) is 7.87. The van der Waals surface area contributed by atoms with Crippen molar-refractivity contribution in [3.63, 3.8) is 0 Å². The van der Waals surface area contributed by atoms with Crippen molar-refractivity contribution in [2.75, 3.05) is 18.2 Å². The van der Waals surface area contributed by atoms with E-state index in [0.717, 1.165) is 16.9 Å². The molecule has 0 aliphatic carbocycles. The molecular weight excluding hydrogens is 346 g/mol. The lowest BCUT2D eigenvalue weighted by Crippen LogP contribution is -2.33. The second-order valence-electron chi connectivity index (χ2n) is 5.93. The van der Waals surface area contributed by atoms with Gasteiger partial charge < -0.3 is 34.4 Å². The van der Waals surface area contributed by atoms with Crippen LogP contribution in [0.15, 0.2) is 34.0 Å². The van der Waals surface area contributed by atoms with Crippen LogP contribution in [0.4, 0.5) is 5.82 Å². The normalized spacial score (nSPS) is 31.1. The van der Waals surface area contributed by atoms with E-state index in [1.54, 1.807) is 35.0 Å². The molecule has 2 aliphatic heterocycles. The summed E-state index contributed by atoms with van der Waals surface area (Å²) in [7, 11) is 0. The molecule has 0 spiro atoms. The summed E-state index contributed by atoms with van der Waals surface area (Å²) in [5, 5.41) is 32.8. The number of ether oxygens (including phenoxy) is 1. The molecule has 1 saturated heterocycles. The highest BCUT2D eigenvalue weighted by atomic mass is 32.2. The first kappa shape index (κ1) is 16.7. The molecule has 8 nitrogen and oxygen atoms in total. The number of aliphatic imine (C=N–C) groups is 1. The van der Waals surface area contributed by atoms with Gasteiger partial charge in [-0.1, -0.05) is 0 Å². The number of rotatable bonds is 4. The molecule has 9 heteroatoms. The van der Waals surface area contributed by atoms with Crippen molar-refractivity contribution in [3.05, 3.63) is 30.2 Å². The van der Waals surface area contributed by atoms with Crippen LogP contribution in [0.5, 0.6) is 0 Å². The Labute approximate surface area is 148 Å². The molecule has 5 atom stereocenters. The number of aromatic nitrogens is 1. The summed E-state index contributed by atoms with van der Waals surface area (Å²) in [5.74, 6) is 1.40. The topological polar surface area (TPSA) is 112 Å². The predicted molar refractivity (Wildman–Crippen MR) is 93.5 cm³/mol. The lowest BCUT2D eigenvalue weighted by molar-refractivity contribution is -0.0515. The Bertz CT molecular complexity index is 775. The minimum absolute atomic E-state index is 0.130. The summed E-state index contributed by atoms with van der Waals surface area (Å²) in [4.78, 5) is 4.44. The second kappa shape index (κ2) is 6.50. The Balaban J connectivity index is 1.83. The number of nitrogens with one attached hydrogen (secondary N) is 1. The Morgan fingerprint density at radius 3 is 2.84 bits per heavy atom. The number of fused-ring (bicyclic) bond motifs is 1. The van der Waals surface area contributed by atoms with E-state index in [9.17, 15) is 15.3 Å². The average Bonchev–Trinajstić information content (AvgIpc) is 3.34. The predicted octanol–water partition coefficient (Wildman–Crippen LogP) is 1.17. The van der Waals surface area contributed by atoms with Crippen molar-refractivity contribution in [1.29, 1.82) is 0 Å². The van der Waals surface area contributed by atoms with E-state index in [-0.39, 0.29) is 12.0 Å². The highest BCUT2D eigenvalue weighted by Gasteiger charge is 2.45. The zero-order valence-electron chi connectivity index (χ0n) is 13.4. The molecule has 0 radical (unpaired) electrons. The van der Waals surface area contributed by atoms with Gasteiger partial charge in [-0.05, 0) is 18.4 Å². The van der Waals surface area contributed by atoms with E-state index in [2.05, 4.69) is 10.3 Å². The number of thioether (sulfide) groups is 1. The van der Waals surface area contributed by atoms with Crippen molar-refractivity contribution in [2.24, 2.45) is 4.99 Å². The second-order valence-corrected chi connectivity index (χ2v) is 6.85. The van der Waals surface area contributed by atoms with Crippen LogP contribution in [0.2, 0.25) is 0 Å². The van der Waals surface area contributed by atoms with Crippen molar-refractivity contribution >= 4 is 23.9 Å². The Kier molecular flexibility index (Phi) is 4.34. The van der Waals surface area contributed by atoms with E-state index in [4.69, 9.17) is 9.15 Å². The SMILES string of the molecule is CSC1N=CNc2c1c(-c1ccco1)cn2[C@@H]1O[C@H](CO)[C@@H](O)[C@H]1O. The zero-order valence-corrected chi connectivity index (χ0v) is 14.3. The van der Waals surface area contributed by atoms with Gasteiger partial charge in [0.15, 0.2) is 6.23 Å². The molecule has 4 heterocycles. The van der Waals surface area contributed by atoms with Crippen LogP contribution in [0.25, 0.3) is 11.3 Å². The van der Waals surface area contributed by atoms with E-state index in [1.165, 1.54) is 0 Å². The summed E-state index contributed by atoms with van der Waals surface area (Å²) in [6.07, 6.45) is 3.00. The van der Waals surface area contributed by atoms with Crippen LogP contribution in [-0.4, -0.2) is 57.4 Å². The van der Waals surface area contributed by atoms with Crippen LogP contribution < -0.4 is 5.32 Å². The van der Waals surface area contributed by atoms with Crippen LogP contribution >= 0.6 is 11.8 Å². The van der Waals surface area contributed by atoms with Gasteiger partial charge in [0, 0.05) is 17.3 Å². The molecule has 1 unspecified atom stereocenters. The molecule has 0 saturated carbocycles. The van der Waals surface area contributed by atoms with Crippen LogP contribution in [0.1, 0.15) is 17.2 Å². The van der Waals surface area contributed by atoms with Gasteiger partial charge in [0.2, 0.25) is 0 Å². The van der Waals surface area contributed by atoms with Crippen LogP contribution in [0, 0.1) is 0 Å². The molecule has 0 bridgehead atoms. The first-order valence-corrected chi connectivity index (χ1v) is 9.16. The molecule has 2 aromatic rings. The van der Waals surface area contributed by atoms with Crippen molar-refractivity contribution in [2.45, 2.75) is 29.9 Å². The van der Waals surface area contributed by atoms with Gasteiger partial charge in [0.1, 0.15) is 35.3 Å². The number of aliphatic hydroxyl groups is 3. The molecule has 1 fully saturated rings. The average molecular weight is 365 g/mol. The summed E-state index contributed by atoms with van der Waals surface area (Å²) in [6.45, 7) is -0.369. The third-order valence-corrected chi connectivity index (χ3v) is 5.33. The number of anilines is 1. The van der Waals surface area contributed by atoms with Crippen LogP contribution in [-0.2, 0) is 4.74 Å².